The lowest BCUT2D eigenvalue weighted by Gasteiger charge is -2.15. The quantitative estimate of drug-likeness (QED) is 0.820. The highest BCUT2D eigenvalue weighted by molar-refractivity contribution is 7.12. The Kier molecular flexibility index (Phi) is 5.59. The Hall–Kier alpha value is -1.13. The minimum atomic E-state index is 0.368. The molecular formula is C17H27N3S. The van der Waals surface area contributed by atoms with E-state index in [4.69, 9.17) is 5.10 Å². The van der Waals surface area contributed by atoms with Crippen LogP contribution in [0.15, 0.2) is 18.3 Å². The molecule has 0 radical (unpaired) electrons. The van der Waals surface area contributed by atoms with E-state index < -0.39 is 0 Å². The average molecular weight is 305 g/mol. The Morgan fingerprint density at radius 1 is 1.33 bits per heavy atom. The average Bonchev–Trinajstić information content (AvgIpc) is 3.05. The first-order chi connectivity index (χ1) is 10.0. The van der Waals surface area contributed by atoms with Crippen molar-refractivity contribution in [2.75, 3.05) is 6.54 Å². The SMILES string of the molecule is CCNC(Cc1ccn(C(C)CC)n1)c1cc(C)c(C)s1. The molecule has 2 aromatic rings. The fourth-order valence-electron chi connectivity index (χ4n) is 2.42. The van der Waals surface area contributed by atoms with Crippen LogP contribution in [-0.2, 0) is 6.42 Å². The van der Waals surface area contributed by atoms with Gasteiger partial charge in [-0.3, -0.25) is 4.68 Å². The van der Waals surface area contributed by atoms with E-state index in [1.165, 1.54) is 21.0 Å². The number of thiophene rings is 1. The highest BCUT2D eigenvalue weighted by Gasteiger charge is 2.16. The number of aryl methyl sites for hydroxylation is 2. The molecule has 0 bridgehead atoms. The van der Waals surface area contributed by atoms with E-state index in [9.17, 15) is 0 Å². The summed E-state index contributed by atoms with van der Waals surface area (Å²) in [6.45, 7) is 11.9. The van der Waals surface area contributed by atoms with Crippen LogP contribution in [0.3, 0.4) is 0 Å². The normalized spacial score (nSPS) is 14.3. The molecule has 0 fully saturated rings. The van der Waals surface area contributed by atoms with Gasteiger partial charge in [0.1, 0.15) is 0 Å². The molecule has 4 heteroatoms. The van der Waals surface area contributed by atoms with Gasteiger partial charge in [0.25, 0.3) is 0 Å². The van der Waals surface area contributed by atoms with Crippen molar-refractivity contribution in [3.63, 3.8) is 0 Å². The smallest absolute Gasteiger partial charge is 0.0644 e. The summed E-state index contributed by atoms with van der Waals surface area (Å²) in [7, 11) is 0. The largest absolute Gasteiger partial charge is 0.309 e. The van der Waals surface area contributed by atoms with Crippen molar-refractivity contribution in [2.24, 2.45) is 0 Å². The van der Waals surface area contributed by atoms with Crippen molar-refractivity contribution < 1.29 is 0 Å². The molecule has 116 valence electrons. The molecule has 21 heavy (non-hydrogen) atoms. The second-order valence-corrected chi connectivity index (χ2v) is 7.03. The maximum Gasteiger partial charge on any atom is 0.0644 e. The Labute approximate surface area is 132 Å². The number of hydrogen-bond donors (Lipinski definition) is 1. The number of nitrogens with zero attached hydrogens (tertiary/aromatic N) is 2. The Morgan fingerprint density at radius 3 is 2.67 bits per heavy atom. The van der Waals surface area contributed by atoms with Gasteiger partial charge in [0.15, 0.2) is 0 Å². The van der Waals surface area contributed by atoms with E-state index in [2.05, 4.69) is 62.9 Å². The van der Waals surface area contributed by atoms with Gasteiger partial charge < -0.3 is 5.32 Å². The van der Waals surface area contributed by atoms with Crippen molar-refractivity contribution in [1.82, 2.24) is 15.1 Å². The van der Waals surface area contributed by atoms with Crippen molar-refractivity contribution >= 4 is 11.3 Å². The molecule has 1 N–H and O–H groups in total. The molecule has 2 atom stereocenters. The zero-order valence-electron chi connectivity index (χ0n) is 13.8. The summed E-state index contributed by atoms with van der Waals surface area (Å²) in [5.41, 5.74) is 2.56. The molecule has 0 aliphatic carbocycles. The second-order valence-electron chi connectivity index (χ2n) is 5.75. The van der Waals surface area contributed by atoms with Gasteiger partial charge in [0.2, 0.25) is 0 Å². The predicted molar refractivity (Wildman–Crippen MR) is 91.1 cm³/mol. The topological polar surface area (TPSA) is 29.9 Å². The van der Waals surface area contributed by atoms with Crippen molar-refractivity contribution in [3.8, 4) is 0 Å². The van der Waals surface area contributed by atoms with Crippen molar-refractivity contribution in [1.29, 1.82) is 0 Å². The van der Waals surface area contributed by atoms with Crippen LogP contribution in [0.4, 0.5) is 0 Å². The number of hydrogen-bond acceptors (Lipinski definition) is 3. The van der Waals surface area contributed by atoms with E-state index in [-0.39, 0.29) is 0 Å². The molecule has 0 spiro atoms. The summed E-state index contributed by atoms with van der Waals surface area (Å²) in [5, 5.41) is 8.34. The van der Waals surface area contributed by atoms with Gasteiger partial charge in [0.05, 0.1) is 5.69 Å². The zero-order chi connectivity index (χ0) is 15.4. The monoisotopic (exact) mass is 305 g/mol. The van der Waals surface area contributed by atoms with Gasteiger partial charge in [-0.25, -0.2) is 0 Å². The molecule has 0 aliphatic rings. The summed E-state index contributed by atoms with van der Waals surface area (Å²) in [6.07, 6.45) is 4.18. The lowest BCUT2D eigenvalue weighted by Crippen LogP contribution is -2.22. The highest BCUT2D eigenvalue weighted by atomic mass is 32.1. The van der Waals surface area contributed by atoms with Gasteiger partial charge in [-0.15, -0.1) is 11.3 Å². The van der Waals surface area contributed by atoms with Crippen LogP contribution < -0.4 is 5.32 Å². The van der Waals surface area contributed by atoms with E-state index >= 15 is 0 Å². The molecule has 2 aromatic heterocycles. The Bertz CT molecular complexity index is 551. The maximum atomic E-state index is 4.74. The summed E-state index contributed by atoms with van der Waals surface area (Å²) < 4.78 is 2.09. The molecule has 0 aliphatic heterocycles. The van der Waals surface area contributed by atoms with Gasteiger partial charge >= 0.3 is 0 Å². The first-order valence-electron chi connectivity index (χ1n) is 7.89. The lowest BCUT2D eigenvalue weighted by atomic mass is 10.1. The van der Waals surface area contributed by atoms with Crippen molar-refractivity contribution in [3.05, 3.63) is 39.3 Å². The third-order valence-corrected chi connectivity index (χ3v) is 5.36. The molecular weight excluding hydrogens is 278 g/mol. The summed E-state index contributed by atoms with van der Waals surface area (Å²) in [4.78, 5) is 2.84. The van der Waals surface area contributed by atoms with Gasteiger partial charge in [0, 0.05) is 34.5 Å². The molecule has 2 unspecified atom stereocenters. The second kappa shape index (κ2) is 7.23. The molecule has 0 aromatic carbocycles. The zero-order valence-corrected chi connectivity index (χ0v) is 14.6. The van der Waals surface area contributed by atoms with E-state index in [1.54, 1.807) is 0 Å². The van der Waals surface area contributed by atoms with Crippen LogP contribution >= 0.6 is 11.3 Å². The van der Waals surface area contributed by atoms with Gasteiger partial charge in [-0.1, -0.05) is 13.8 Å². The summed E-state index contributed by atoms with van der Waals surface area (Å²) >= 11 is 1.90. The Morgan fingerprint density at radius 2 is 2.10 bits per heavy atom. The fraction of sp³-hybridized carbons (Fsp3) is 0.588. The van der Waals surface area contributed by atoms with Crippen molar-refractivity contribution in [2.45, 2.75) is 59.5 Å². The fourth-order valence-corrected chi connectivity index (χ4v) is 3.54. The first kappa shape index (κ1) is 16.2. The van der Waals surface area contributed by atoms with Gasteiger partial charge in [-0.2, -0.15) is 5.10 Å². The maximum absolute atomic E-state index is 4.74. The number of likely N-dealkylation sites (N-methyl/N-ethyl adjacent to an activating group) is 1. The van der Waals surface area contributed by atoms with Crippen LogP contribution in [0.25, 0.3) is 0 Å². The summed E-state index contributed by atoms with van der Waals surface area (Å²) in [6, 6.07) is 5.32. The van der Waals surface area contributed by atoms with Crippen LogP contribution in [0.5, 0.6) is 0 Å². The molecule has 2 rings (SSSR count). The standard InChI is InChI=1S/C17H27N3S/c1-6-13(4)20-9-8-15(19-20)11-16(18-7-2)17-10-12(3)14(5)21-17/h8-10,13,16,18H,6-7,11H2,1-5H3. The first-order valence-corrected chi connectivity index (χ1v) is 8.71. The number of aromatic nitrogens is 2. The van der Waals surface area contributed by atoms with Crippen LogP contribution in [0.2, 0.25) is 0 Å². The Balaban J connectivity index is 2.14. The van der Waals surface area contributed by atoms with Crippen LogP contribution in [0.1, 0.15) is 60.3 Å². The van der Waals surface area contributed by atoms with E-state index in [0.29, 0.717) is 12.1 Å². The summed E-state index contributed by atoms with van der Waals surface area (Å²) in [5.74, 6) is 0. The highest BCUT2D eigenvalue weighted by Crippen LogP contribution is 2.28. The molecule has 0 saturated carbocycles. The van der Waals surface area contributed by atoms with Crippen LogP contribution in [-0.4, -0.2) is 16.3 Å². The number of nitrogens with one attached hydrogen (secondary N) is 1. The third kappa shape index (κ3) is 3.95. The molecule has 0 amide bonds. The molecule has 3 nitrogen and oxygen atoms in total. The molecule has 0 saturated heterocycles. The third-order valence-electron chi connectivity index (χ3n) is 4.10. The van der Waals surface area contributed by atoms with E-state index in [1.807, 2.05) is 11.3 Å². The minimum Gasteiger partial charge on any atom is -0.309 e. The van der Waals surface area contributed by atoms with Gasteiger partial charge in [-0.05, 0) is 51.4 Å². The lowest BCUT2D eigenvalue weighted by molar-refractivity contribution is 0.467. The predicted octanol–water partition coefficient (Wildman–Crippen LogP) is 4.43. The van der Waals surface area contributed by atoms with E-state index in [0.717, 1.165) is 19.4 Å². The van der Waals surface area contributed by atoms with Crippen LogP contribution in [0, 0.1) is 13.8 Å². The number of rotatable bonds is 7. The minimum absolute atomic E-state index is 0.368. The molecule has 2 heterocycles.